The van der Waals surface area contributed by atoms with Crippen LogP contribution >= 0.6 is 23.4 Å². The van der Waals surface area contributed by atoms with Gasteiger partial charge in [-0.1, -0.05) is 23.7 Å². The van der Waals surface area contributed by atoms with Gasteiger partial charge in [0.1, 0.15) is 5.82 Å². The molecule has 1 fully saturated rings. The first-order valence-electron chi connectivity index (χ1n) is 8.84. The second-order valence-corrected chi connectivity index (χ2v) is 8.04. The number of thioether (sulfide) groups is 1. The van der Waals surface area contributed by atoms with Crippen LogP contribution in [0.3, 0.4) is 0 Å². The molecule has 4 rings (SSSR count). The summed E-state index contributed by atoms with van der Waals surface area (Å²) >= 11 is 6.77. The van der Waals surface area contributed by atoms with Gasteiger partial charge in [0.15, 0.2) is 0 Å². The van der Waals surface area contributed by atoms with Crippen molar-refractivity contribution in [3.8, 4) is 5.69 Å². The molecule has 2 amide bonds. The Hall–Kier alpha value is -2.83. The third-order valence-corrected chi connectivity index (χ3v) is 5.85. The average Bonchev–Trinajstić information content (AvgIpc) is 3.12. The number of rotatable bonds is 3. The molecule has 0 atom stereocenters. The van der Waals surface area contributed by atoms with Crippen molar-refractivity contribution in [2.75, 3.05) is 4.90 Å². The van der Waals surface area contributed by atoms with Crippen LogP contribution in [0.2, 0.25) is 5.02 Å². The molecule has 146 valence electrons. The van der Waals surface area contributed by atoms with Crippen molar-refractivity contribution in [2.24, 2.45) is 0 Å². The van der Waals surface area contributed by atoms with Gasteiger partial charge in [-0.15, -0.1) is 0 Å². The zero-order valence-corrected chi connectivity index (χ0v) is 17.2. The Bertz CT molecular complexity index is 1170. The lowest BCUT2D eigenvalue weighted by molar-refractivity contribution is -0.113. The molecule has 3 aromatic rings. The average molecular weight is 427 g/mol. The maximum Gasteiger partial charge on any atom is 0.298 e. The molecule has 1 aliphatic heterocycles. The molecule has 1 saturated heterocycles. The Morgan fingerprint density at radius 3 is 2.41 bits per heavy atom. The second kappa shape index (κ2) is 7.54. The van der Waals surface area contributed by atoms with E-state index in [1.807, 2.05) is 19.9 Å². The summed E-state index contributed by atoms with van der Waals surface area (Å²) in [4.78, 5) is 26.7. The largest absolute Gasteiger partial charge is 0.315 e. The van der Waals surface area contributed by atoms with Gasteiger partial charge in [0.05, 0.1) is 16.3 Å². The molecule has 7 heteroatoms. The van der Waals surface area contributed by atoms with E-state index in [2.05, 4.69) is 0 Å². The summed E-state index contributed by atoms with van der Waals surface area (Å²) in [6, 6.07) is 14.9. The molecule has 0 aliphatic carbocycles. The van der Waals surface area contributed by atoms with Gasteiger partial charge in [-0.3, -0.25) is 9.59 Å². The topological polar surface area (TPSA) is 42.3 Å². The molecular weight excluding hydrogens is 411 g/mol. The van der Waals surface area contributed by atoms with E-state index >= 15 is 0 Å². The molecule has 4 nitrogen and oxygen atoms in total. The van der Waals surface area contributed by atoms with Crippen molar-refractivity contribution in [1.29, 1.82) is 0 Å². The number of carbonyl (C=O) groups excluding carboxylic acids is 2. The molecule has 0 spiro atoms. The number of imide groups is 1. The number of aryl methyl sites for hydroxylation is 1. The van der Waals surface area contributed by atoms with Gasteiger partial charge in [-0.2, -0.15) is 0 Å². The van der Waals surface area contributed by atoms with Gasteiger partial charge in [0.25, 0.3) is 11.1 Å². The molecule has 2 heterocycles. The van der Waals surface area contributed by atoms with Crippen molar-refractivity contribution in [1.82, 2.24) is 4.57 Å². The standard InChI is InChI=1S/C22H16ClFN2O2S/c1-13-11-15(14(2)25(13)19-6-4-3-5-18(19)24)12-20-21(27)26(22(28)29-20)17-9-7-16(23)8-10-17/h3-12H,1-2H3. The van der Waals surface area contributed by atoms with Gasteiger partial charge >= 0.3 is 0 Å². The Labute approximate surface area is 176 Å². The first-order valence-corrected chi connectivity index (χ1v) is 10.0. The van der Waals surface area contributed by atoms with Crippen LogP contribution in [0.4, 0.5) is 14.9 Å². The number of hydrogen-bond acceptors (Lipinski definition) is 3. The summed E-state index contributed by atoms with van der Waals surface area (Å²) < 4.78 is 16.1. The van der Waals surface area contributed by atoms with E-state index in [4.69, 9.17) is 11.6 Å². The number of nitrogens with zero attached hydrogens (tertiary/aromatic N) is 2. The van der Waals surface area contributed by atoms with E-state index < -0.39 is 5.91 Å². The fourth-order valence-corrected chi connectivity index (χ4v) is 4.32. The summed E-state index contributed by atoms with van der Waals surface area (Å²) in [5, 5.41) is 0.156. The minimum atomic E-state index is -0.391. The number of para-hydroxylation sites is 1. The molecule has 1 aromatic heterocycles. The number of aromatic nitrogens is 1. The first-order chi connectivity index (χ1) is 13.9. The van der Waals surface area contributed by atoms with E-state index in [9.17, 15) is 14.0 Å². The lowest BCUT2D eigenvalue weighted by Crippen LogP contribution is -2.27. The molecule has 0 unspecified atom stereocenters. The second-order valence-electron chi connectivity index (χ2n) is 6.61. The van der Waals surface area contributed by atoms with Crippen LogP contribution in [0.15, 0.2) is 59.5 Å². The zero-order chi connectivity index (χ0) is 20.7. The van der Waals surface area contributed by atoms with Crippen LogP contribution in [0, 0.1) is 19.7 Å². The van der Waals surface area contributed by atoms with Crippen LogP contribution in [-0.4, -0.2) is 15.7 Å². The monoisotopic (exact) mass is 426 g/mol. The molecule has 0 saturated carbocycles. The quantitative estimate of drug-likeness (QED) is 0.473. The zero-order valence-electron chi connectivity index (χ0n) is 15.6. The van der Waals surface area contributed by atoms with E-state index in [0.717, 1.165) is 33.6 Å². The van der Waals surface area contributed by atoms with Crippen molar-refractivity contribution >= 4 is 46.3 Å². The Kier molecular flexibility index (Phi) is 5.06. The molecule has 0 bridgehead atoms. The highest BCUT2D eigenvalue weighted by molar-refractivity contribution is 8.19. The van der Waals surface area contributed by atoms with Crippen LogP contribution in [0.25, 0.3) is 11.8 Å². The van der Waals surface area contributed by atoms with Gasteiger partial charge < -0.3 is 4.57 Å². The third-order valence-electron chi connectivity index (χ3n) is 4.73. The van der Waals surface area contributed by atoms with Crippen molar-refractivity contribution in [3.63, 3.8) is 0 Å². The molecule has 2 aromatic carbocycles. The first kappa shape index (κ1) is 19.5. The maximum absolute atomic E-state index is 14.3. The molecular formula is C22H16ClFN2O2S. The summed E-state index contributed by atoms with van der Waals surface area (Å²) in [5.74, 6) is -0.720. The van der Waals surface area contributed by atoms with Gasteiger partial charge in [0.2, 0.25) is 0 Å². The fraction of sp³-hybridized carbons (Fsp3) is 0.0909. The summed E-state index contributed by atoms with van der Waals surface area (Å²) in [6.45, 7) is 3.73. The number of anilines is 1. The van der Waals surface area contributed by atoms with Gasteiger partial charge in [-0.05, 0) is 79.7 Å². The number of amides is 2. The minimum Gasteiger partial charge on any atom is -0.315 e. The Balaban J connectivity index is 1.71. The number of carbonyl (C=O) groups is 2. The highest BCUT2D eigenvalue weighted by atomic mass is 35.5. The normalized spacial score (nSPS) is 15.6. The predicted octanol–water partition coefficient (Wildman–Crippen LogP) is 6.13. The Morgan fingerprint density at radius 1 is 1.03 bits per heavy atom. The third kappa shape index (κ3) is 3.50. The van der Waals surface area contributed by atoms with Crippen molar-refractivity contribution < 1.29 is 14.0 Å². The minimum absolute atomic E-state index is 0.318. The molecule has 0 N–H and O–H groups in total. The molecule has 1 aliphatic rings. The number of benzene rings is 2. The molecule has 29 heavy (non-hydrogen) atoms. The van der Waals surface area contributed by atoms with Gasteiger partial charge in [-0.25, -0.2) is 9.29 Å². The van der Waals surface area contributed by atoms with Crippen LogP contribution in [0.1, 0.15) is 17.0 Å². The fourth-order valence-electron chi connectivity index (χ4n) is 3.36. The van der Waals surface area contributed by atoms with E-state index in [-0.39, 0.29) is 11.1 Å². The van der Waals surface area contributed by atoms with E-state index in [1.165, 1.54) is 6.07 Å². The van der Waals surface area contributed by atoms with Gasteiger partial charge in [0, 0.05) is 16.4 Å². The predicted molar refractivity (Wildman–Crippen MR) is 115 cm³/mol. The summed E-state index contributed by atoms with van der Waals surface area (Å²) in [6.07, 6.45) is 1.68. The highest BCUT2D eigenvalue weighted by Crippen LogP contribution is 2.37. The van der Waals surface area contributed by atoms with E-state index in [1.54, 1.807) is 53.1 Å². The summed E-state index contributed by atoms with van der Waals surface area (Å²) in [7, 11) is 0. The Morgan fingerprint density at radius 2 is 1.72 bits per heavy atom. The number of halogens is 2. The van der Waals surface area contributed by atoms with Crippen molar-refractivity contribution in [2.45, 2.75) is 13.8 Å². The maximum atomic E-state index is 14.3. The molecule has 0 radical (unpaired) electrons. The van der Waals surface area contributed by atoms with Crippen molar-refractivity contribution in [3.05, 3.63) is 87.3 Å². The van der Waals surface area contributed by atoms with E-state index in [0.29, 0.717) is 21.3 Å². The van der Waals surface area contributed by atoms with Crippen LogP contribution in [-0.2, 0) is 4.79 Å². The number of hydrogen-bond donors (Lipinski definition) is 0. The summed E-state index contributed by atoms with van der Waals surface area (Å²) in [5.41, 5.74) is 3.28. The van der Waals surface area contributed by atoms with Crippen LogP contribution < -0.4 is 4.90 Å². The lowest BCUT2D eigenvalue weighted by atomic mass is 10.2. The van der Waals surface area contributed by atoms with Crippen LogP contribution in [0.5, 0.6) is 0 Å². The lowest BCUT2D eigenvalue weighted by Gasteiger charge is -2.12. The SMILES string of the molecule is Cc1cc(C=C2SC(=O)N(c3ccc(Cl)cc3)C2=O)c(C)n1-c1ccccc1F. The highest BCUT2D eigenvalue weighted by Gasteiger charge is 2.36. The smallest absolute Gasteiger partial charge is 0.298 e.